The van der Waals surface area contributed by atoms with Gasteiger partial charge in [0.05, 0.1) is 6.61 Å². The van der Waals surface area contributed by atoms with Crippen LogP contribution in [0, 0.1) is 0 Å². The second-order valence-electron chi connectivity index (χ2n) is 4.93. The van der Waals surface area contributed by atoms with E-state index in [4.69, 9.17) is 4.74 Å². The van der Waals surface area contributed by atoms with Gasteiger partial charge in [0.2, 0.25) is 0 Å². The Labute approximate surface area is 101 Å². The fourth-order valence-electron chi connectivity index (χ4n) is 2.73. The molecule has 3 heteroatoms. The monoisotopic (exact) mass is 228 g/mol. The van der Waals surface area contributed by atoms with Crippen molar-refractivity contribution in [3.63, 3.8) is 0 Å². The molecule has 1 fully saturated rings. The van der Waals surface area contributed by atoms with Crippen molar-refractivity contribution >= 4 is 0 Å². The van der Waals surface area contributed by atoms with E-state index < -0.39 is 0 Å². The largest absolute Gasteiger partial charge is 0.383 e. The molecule has 0 aromatic heterocycles. The normalized spacial score (nSPS) is 27.8. The van der Waals surface area contributed by atoms with E-state index in [0.29, 0.717) is 12.1 Å². The molecule has 2 atom stereocenters. The van der Waals surface area contributed by atoms with Crippen molar-refractivity contribution in [1.29, 1.82) is 0 Å². The minimum Gasteiger partial charge on any atom is -0.383 e. The van der Waals surface area contributed by atoms with Crippen molar-refractivity contribution in [3.8, 4) is 0 Å². The molecule has 1 aliphatic carbocycles. The highest BCUT2D eigenvalue weighted by molar-refractivity contribution is 4.83. The molecule has 2 unspecified atom stereocenters. The van der Waals surface area contributed by atoms with Crippen molar-refractivity contribution in [2.75, 3.05) is 34.4 Å². The number of rotatable bonds is 5. The smallest absolute Gasteiger partial charge is 0.0589 e. The van der Waals surface area contributed by atoms with Crippen LogP contribution in [0.15, 0.2) is 0 Å². The molecule has 1 saturated carbocycles. The lowest BCUT2D eigenvalue weighted by molar-refractivity contribution is 0.113. The van der Waals surface area contributed by atoms with E-state index in [1.807, 2.05) is 0 Å². The summed E-state index contributed by atoms with van der Waals surface area (Å²) in [6.07, 6.45) is 8.21. The zero-order valence-corrected chi connectivity index (χ0v) is 11.2. The van der Waals surface area contributed by atoms with Gasteiger partial charge >= 0.3 is 0 Å². The van der Waals surface area contributed by atoms with Crippen LogP contribution in [0.3, 0.4) is 0 Å². The highest BCUT2D eigenvalue weighted by Crippen LogP contribution is 2.21. The zero-order valence-electron chi connectivity index (χ0n) is 11.2. The maximum absolute atomic E-state index is 5.17. The quantitative estimate of drug-likeness (QED) is 0.777. The molecule has 0 amide bonds. The average molecular weight is 228 g/mol. The topological polar surface area (TPSA) is 24.5 Å². The Morgan fingerprint density at radius 3 is 2.50 bits per heavy atom. The summed E-state index contributed by atoms with van der Waals surface area (Å²) in [5, 5.41) is 3.50. The van der Waals surface area contributed by atoms with Gasteiger partial charge in [0, 0.05) is 25.7 Å². The van der Waals surface area contributed by atoms with Crippen LogP contribution in [0.2, 0.25) is 0 Å². The molecule has 16 heavy (non-hydrogen) atoms. The van der Waals surface area contributed by atoms with Gasteiger partial charge in [-0.3, -0.25) is 4.90 Å². The Bertz CT molecular complexity index is 175. The van der Waals surface area contributed by atoms with Gasteiger partial charge in [-0.2, -0.15) is 0 Å². The third-order valence-corrected chi connectivity index (χ3v) is 3.81. The zero-order chi connectivity index (χ0) is 11.8. The molecule has 1 aliphatic rings. The molecule has 3 nitrogen and oxygen atoms in total. The van der Waals surface area contributed by atoms with E-state index in [1.54, 1.807) is 7.11 Å². The average Bonchev–Trinajstić information content (AvgIpc) is 2.26. The van der Waals surface area contributed by atoms with Crippen LogP contribution >= 0.6 is 0 Å². The Balaban J connectivity index is 2.48. The second kappa shape index (κ2) is 8.04. The lowest BCUT2D eigenvalue weighted by Gasteiger charge is -2.36. The summed E-state index contributed by atoms with van der Waals surface area (Å²) in [4.78, 5) is 2.47. The maximum Gasteiger partial charge on any atom is 0.0589 e. The van der Waals surface area contributed by atoms with E-state index in [2.05, 4.69) is 24.3 Å². The maximum atomic E-state index is 5.17. The SMILES string of the molecule is CNC1CCCCCCC1N(C)CCOC. The number of methoxy groups -OCH3 is 1. The summed E-state index contributed by atoms with van der Waals surface area (Å²) in [7, 11) is 6.11. The summed E-state index contributed by atoms with van der Waals surface area (Å²) < 4.78 is 5.17. The predicted octanol–water partition coefficient (Wildman–Crippen LogP) is 1.88. The molecule has 0 bridgehead atoms. The first-order valence-electron chi connectivity index (χ1n) is 6.66. The number of likely N-dealkylation sites (N-methyl/N-ethyl adjacent to an activating group) is 2. The molecule has 0 heterocycles. The van der Waals surface area contributed by atoms with Crippen LogP contribution in [0.25, 0.3) is 0 Å². The first-order valence-corrected chi connectivity index (χ1v) is 6.66. The molecule has 96 valence electrons. The molecule has 0 aromatic carbocycles. The minimum absolute atomic E-state index is 0.655. The Kier molecular flexibility index (Phi) is 7.01. The molecule has 0 saturated heterocycles. The molecule has 0 radical (unpaired) electrons. The number of ether oxygens (including phenoxy) is 1. The summed E-state index contributed by atoms with van der Waals surface area (Å²) in [5.41, 5.74) is 0. The molecule has 1 rings (SSSR count). The van der Waals surface area contributed by atoms with E-state index in [0.717, 1.165) is 13.2 Å². The van der Waals surface area contributed by atoms with Gasteiger partial charge in [-0.05, 0) is 26.9 Å². The lowest BCUT2D eigenvalue weighted by atomic mass is 9.91. The fourth-order valence-corrected chi connectivity index (χ4v) is 2.73. The third kappa shape index (κ3) is 4.40. The number of hydrogen-bond donors (Lipinski definition) is 1. The second-order valence-corrected chi connectivity index (χ2v) is 4.93. The Hall–Kier alpha value is -0.120. The summed E-state index contributed by atoms with van der Waals surface area (Å²) in [6, 6.07) is 1.34. The Morgan fingerprint density at radius 2 is 1.88 bits per heavy atom. The van der Waals surface area contributed by atoms with Crippen molar-refractivity contribution in [2.45, 2.75) is 50.6 Å². The van der Waals surface area contributed by atoms with E-state index in [1.165, 1.54) is 38.5 Å². The highest BCUT2D eigenvalue weighted by Gasteiger charge is 2.24. The third-order valence-electron chi connectivity index (χ3n) is 3.81. The van der Waals surface area contributed by atoms with Gasteiger partial charge in [-0.1, -0.05) is 25.7 Å². The van der Waals surface area contributed by atoms with Crippen LogP contribution in [0.1, 0.15) is 38.5 Å². The molecule has 1 N–H and O–H groups in total. The van der Waals surface area contributed by atoms with Gasteiger partial charge in [-0.15, -0.1) is 0 Å². The van der Waals surface area contributed by atoms with Gasteiger partial charge < -0.3 is 10.1 Å². The minimum atomic E-state index is 0.655. The van der Waals surface area contributed by atoms with E-state index in [-0.39, 0.29) is 0 Å². The van der Waals surface area contributed by atoms with E-state index >= 15 is 0 Å². The first-order chi connectivity index (χ1) is 7.79. The summed E-state index contributed by atoms with van der Waals surface area (Å²) in [5.74, 6) is 0. The molecule has 0 aromatic rings. The standard InChI is InChI=1S/C13H28N2O/c1-14-12-8-6-4-5-7-9-13(12)15(2)10-11-16-3/h12-14H,4-11H2,1-3H3. The van der Waals surface area contributed by atoms with Crippen molar-refractivity contribution in [2.24, 2.45) is 0 Å². The van der Waals surface area contributed by atoms with Crippen molar-refractivity contribution in [3.05, 3.63) is 0 Å². The van der Waals surface area contributed by atoms with E-state index in [9.17, 15) is 0 Å². The molecule has 0 aliphatic heterocycles. The van der Waals surface area contributed by atoms with Gasteiger partial charge in [0.25, 0.3) is 0 Å². The van der Waals surface area contributed by atoms with Gasteiger partial charge in [0.1, 0.15) is 0 Å². The number of hydrogen-bond acceptors (Lipinski definition) is 3. The van der Waals surface area contributed by atoms with Crippen molar-refractivity contribution < 1.29 is 4.74 Å². The summed E-state index contributed by atoms with van der Waals surface area (Å²) >= 11 is 0. The predicted molar refractivity (Wildman–Crippen MR) is 68.8 cm³/mol. The molecule has 0 spiro atoms. The lowest BCUT2D eigenvalue weighted by Crippen LogP contribution is -2.48. The fraction of sp³-hybridized carbons (Fsp3) is 1.00. The van der Waals surface area contributed by atoms with Crippen LogP contribution in [0.4, 0.5) is 0 Å². The van der Waals surface area contributed by atoms with Crippen LogP contribution in [-0.2, 0) is 4.74 Å². The van der Waals surface area contributed by atoms with Crippen molar-refractivity contribution in [1.82, 2.24) is 10.2 Å². The highest BCUT2D eigenvalue weighted by atomic mass is 16.5. The number of nitrogens with zero attached hydrogens (tertiary/aromatic N) is 1. The van der Waals surface area contributed by atoms with Gasteiger partial charge in [0.15, 0.2) is 0 Å². The van der Waals surface area contributed by atoms with Crippen LogP contribution in [0.5, 0.6) is 0 Å². The Morgan fingerprint density at radius 1 is 1.19 bits per heavy atom. The summed E-state index contributed by atoms with van der Waals surface area (Å²) in [6.45, 7) is 1.88. The van der Waals surface area contributed by atoms with Crippen LogP contribution in [-0.4, -0.2) is 51.3 Å². The first kappa shape index (κ1) is 13.9. The molecular weight excluding hydrogens is 200 g/mol. The molecular formula is C13H28N2O. The van der Waals surface area contributed by atoms with Gasteiger partial charge in [-0.25, -0.2) is 0 Å². The van der Waals surface area contributed by atoms with Crippen LogP contribution < -0.4 is 5.32 Å². The number of nitrogens with one attached hydrogen (secondary N) is 1.